The summed E-state index contributed by atoms with van der Waals surface area (Å²) >= 11 is 7.88. The molecule has 0 aliphatic carbocycles. The molecule has 3 aliphatic rings. The average Bonchev–Trinajstić information content (AvgIpc) is 3.76. The second kappa shape index (κ2) is 13.9. The van der Waals surface area contributed by atoms with Gasteiger partial charge in [0.1, 0.15) is 23.4 Å². The van der Waals surface area contributed by atoms with Crippen molar-refractivity contribution in [3.05, 3.63) is 117 Å². The van der Waals surface area contributed by atoms with E-state index in [1.165, 1.54) is 48.8 Å². The molecule has 0 radical (unpaired) electrons. The Morgan fingerprint density at radius 3 is 2.62 bits per heavy atom. The SMILES string of the molecule is COC(=O)C1=C(CN2CCN3C(=O)N(c4cccc(Oc5ccc(C(=O)O)cc5)c4)C[C@@H]3C2)NC(c2nccs2)=N[C@H]1c1ccc(F)cc1Cl. The van der Waals surface area contributed by atoms with E-state index < -0.39 is 23.8 Å². The van der Waals surface area contributed by atoms with Gasteiger partial charge < -0.3 is 24.8 Å². The van der Waals surface area contributed by atoms with E-state index in [-0.39, 0.29) is 28.2 Å². The fourth-order valence-electron chi connectivity index (χ4n) is 6.34. The van der Waals surface area contributed by atoms with E-state index in [1.807, 2.05) is 16.3 Å². The Bertz CT molecular complexity index is 2020. The van der Waals surface area contributed by atoms with Gasteiger partial charge in [-0.15, -0.1) is 11.3 Å². The summed E-state index contributed by atoms with van der Waals surface area (Å²) in [5.74, 6) is -0.703. The molecule has 0 bridgehead atoms. The summed E-state index contributed by atoms with van der Waals surface area (Å²) in [6, 6.07) is 16.1. The van der Waals surface area contributed by atoms with Crippen LogP contribution in [0.1, 0.15) is 27.0 Å². The molecule has 4 aromatic rings. The minimum Gasteiger partial charge on any atom is -0.478 e. The number of anilines is 1. The minimum atomic E-state index is -1.02. The molecular weight excluding hydrogens is 687 g/mol. The summed E-state index contributed by atoms with van der Waals surface area (Å²) in [6.45, 7) is 2.28. The molecule has 2 atom stereocenters. The third-order valence-corrected chi connectivity index (χ3v) is 9.82. The Hall–Kier alpha value is -5.31. The highest BCUT2D eigenvalue weighted by Gasteiger charge is 2.42. The number of methoxy groups -OCH3 is 1. The molecule has 2 amide bonds. The van der Waals surface area contributed by atoms with Crippen molar-refractivity contribution in [1.29, 1.82) is 0 Å². The molecule has 0 saturated carbocycles. The number of benzene rings is 3. The molecule has 0 unspecified atom stereocenters. The van der Waals surface area contributed by atoms with Crippen molar-refractivity contribution in [1.82, 2.24) is 20.1 Å². The van der Waals surface area contributed by atoms with Crippen LogP contribution in [0.2, 0.25) is 5.02 Å². The number of carbonyl (C=O) groups excluding carboxylic acids is 2. The zero-order chi connectivity index (χ0) is 34.9. The van der Waals surface area contributed by atoms with Crippen LogP contribution in [-0.4, -0.2) is 89.6 Å². The molecule has 3 aliphatic heterocycles. The number of amidine groups is 1. The first kappa shape index (κ1) is 33.2. The van der Waals surface area contributed by atoms with Crippen molar-refractivity contribution < 1.29 is 33.4 Å². The third kappa shape index (κ3) is 6.64. The summed E-state index contributed by atoms with van der Waals surface area (Å²) in [4.78, 5) is 53.1. The Balaban J connectivity index is 1.11. The average molecular weight is 717 g/mol. The van der Waals surface area contributed by atoms with E-state index in [1.54, 1.807) is 41.4 Å². The van der Waals surface area contributed by atoms with Crippen molar-refractivity contribution in [2.45, 2.75) is 12.1 Å². The van der Waals surface area contributed by atoms with Crippen molar-refractivity contribution in [2.75, 3.05) is 44.7 Å². The van der Waals surface area contributed by atoms with Gasteiger partial charge in [0.15, 0.2) is 10.8 Å². The highest BCUT2D eigenvalue weighted by molar-refractivity contribution is 7.11. The second-order valence-corrected chi connectivity index (χ2v) is 13.1. The van der Waals surface area contributed by atoms with Crippen molar-refractivity contribution >= 4 is 52.4 Å². The van der Waals surface area contributed by atoms with Crippen molar-refractivity contribution in [3.8, 4) is 11.5 Å². The molecule has 2 N–H and O–H groups in total. The maximum absolute atomic E-state index is 14.0. The van der Waals surface area contributed by atoms with E-state index in [0.29, 0.717) is 72.0 Å². The van der Waals surface area contributed by atoms with Gasteiger partial charge in [0.2, 0.25) is 0 Å². The number of aliphatic imine (C=N–C) groups is 1. The maximum atomic E-state index is 14.0. The van der Waals surface area contributed by atoms with Gasteiger partial charge in [-0.2, -0.15) is 0 Å². The summed E-state index contributed by atoms with van der Waals surface area (Å²) < 4.78 is 25.2. The van der Waals surface area contributed by atoms with Crippen LogP contribution in [0.5, 0.6) is 11.5 Å². The Kier molecular flexibility index (Phi) is 9.23. The number of amides is 2. The number of carbonyl (C=O) groups is 3. The van der Waals surface area contributed by atoms with Gasteiger partial charge >= 0.3 is 18.0 Å². The number of nitrogens with zero attached hydrogens (tertiary/aromatic N) is 5. The predicted octanol–water partition coefficient (Wildman–Crippen LogP) is 5.57. The van der Waals surface area contributed by atoms with Gasteiger partial charge in [-0.3, -0.25) is 14.8 Å². The summed E-state index contributed by atoms with van der Waals surface area (Å²) in [5.41, 5.74) is 2.08. The highest BCUT2D eigenvalue weighted by Crippen LogP contribution is 2.37. The van der Waals surface area contributed by atoms with Crippen LogP contribution >= 0.6 is 22.9 Å². The van der Waals surface area contributed by atoms with Crippen molar-refractivity contribution in [3.63, 3.8) is 0 Å². The normalized spacial score (nSPS) is 19.2. The number of thiazole rings is 1. The van der Waals surface area contributed by atoms with E-state index in [9.17, 15) is 18.8 Å². The summed E-state index contributed by atoms with van der Waals surface area (Å²) in [6.07, 6.45) is 1.66. The molecule has 15 heteroatoms. The zero-order valence-electron chi connectivity index (χ0n) is 26.6. The molecule has 4 heterocycles. The number of esters is 1. The monoisotopic (exact) mass is 716 g/mol. The molecule has 256 valence electrons. The van der Waals surface area contributed by atoms with Crippen LogP contribution in [0.3, 0.4) is 0 Å². The van der Waals surface area contributed by atoms with E-state index >= 15 is 0 Å². The molecule has 0 spiro atoms. The first-order valence-electron chi connectivity index (χ1n) is 15.6. The van der Waals surface area contributed by atoms with Gasteiger partial charge in [-0.05, 0) is 48.5 Å². The molecule has 3 aromatic carbocycles. The smallest absolute Gasteiger partial charge is 0.338 e. The lowest BCUT2D eigenvalue weighted by Crippen LogP contribution is -2.53. The standard InChI is InChI=1S/C35H30ClFN6O6S/c1-48-34(46)29-28(39-31(32-38-11-14-50-32)40-30(29)26-10-7-21(37)15-27(26)36)19-41-12-13-42-23(17-41)18-43(35(42)47)22-3-2-4-25(16-22)49-24-8-5-20(6-9-24)33(44)45/h2-11,14-16,23,30H,12-13,17-19H2,1H3,(H,39,40)(H,44,45)/t23-,30-/m0/s1. The maximum Gasteiger partial charge on any atom is 0.338 e. The number of nitrogens with one attached hydrogen (secondary N) is 1. The predicted molar refractivity (Wildman–Crippen MR) is 185 cm³/mol. The highest BCUT2D eigenvalue weighted by atomic mass is 35.5. The number of fused-ring (bicyclic) bond motifs is 1. The molecule has 1 aromatic heterocycles. The van der Waals surface area contributed by atoms with E-state index in [4.69, 9.17) is 31.2 Å². The largest absolute Gasteiger partial charge is 0.478 e. The number of halogens is 2. The van der Waals surface area contributed by atoms with Gasteiger partial charge in [0.25, 0.3) is 0 Å². The molecule has 2 saturated heterocycles. The fraction of sp³-hybridized carbons (Fsp3) is 0.229. The summed E-state index contributed by atoms with van der Waals surface area (Å²) in [5, 5.41) is 15.0. The van der Waals surface area contributed by atoms with Gasteiger partial charge in [0.05, 0.1) is 24.3 Å². The third-order valence-electron chi connectivity index (χ3n) is 8.71. The first-order valence-corrected chi connectivity index (χ1v) is 16.9. The van der Waals surface area contributed by atoms with Gasteiger partial charge in [-0.25, -0.2) is 23.8 Å². The molecule has 2 fully saturated rings. The molecule has 50 heavy (non-hydrogen) atoms. The van der Waals surface area contributed by atoms with Crippen LogP contribution in [0.25, 0.3) is 0 Å². The van der Waals surface area contributed by atoms with Crippen LogP contribution in [0, 0.1) is 5.82 Å². The lowest BCUT2D eigenvalue weighted by Gasteiger charge is -2.38. The number of rotatable bonds is 9. The Morgan fingerprint density at radius 1 is 1.08 bits per heavy atom. The van der Waals surface area contributed by atoms with Gasteiger partial charge in [0, 0.05) is 72.3 Å². The number of carboxylic acid groups (broad SMARTS) is 1. The van der Waals surface area contributed by atoms with Crippen LogP contribution in [0.15, 0.2) is 94.6 Å². The first-order chi connectivity index (χ1) is 24.2. The topological polar surface area (TPSA) is 137 Å². The van der Waals surface area contributed by atoms with Gasteiger partial charge in [-0.1, -0.05) is 23.7 Å². The number of hydrogen-bond acceptors (Lipinski definition) is 10. The molecular formula is C35H30ClFN6O6S. The fourth-order valence-corrected chi connectivity index (χ4v) is 7.20. The Morgan fingerprint density at radius 2 is 1.90 bits per heavy atom. The lowest BCUT2D eigenvalue weighted by atomic mass is 9.95. The number of aromatic nitrogens is 1. The van der Waals surface area contributed by atoms with Crippen LogP contribution in [0.4, 0.5) is 14.9 Å². The van der Waals surface area contributed by atoms with Crippen molar-refractivity contribution in [2.24, 2.45) is 4.99 Å². The molecule has 12 nitrogen and oxygen atoms in total. The number of urea groups is 1. The second-order valence-electron chi connectivity index (χ2n) is 11.8. The Labute approximate surface area is 295 Å². The number of piperazine rings is 1. The summed E-state index contributed by atoms with van der Waals surface area (Å²) in [7, 11) is 1.29. The number of aromatic carboxylic acids is 1. The number of hydrogen-bond donors (Lipinski definition) is 2. The van der Waals surface area contributed by atoms with E-state index in [0.717, 1.165) is 0 Å². The quantitative estimate of drug-likeness (QED) is 0.213. The number of ether oxygens (including phenoxy) is 2. The minimum absolute atomic E-state index is 0.118. The lowest BCUT2D eigenvalue weighted by molar-refractivity contribution is -0.136. The van der Waals surface area contributed by atoms with Crippen LogP contribution in [-0.2, 0) is 9.53 Å². The van der Waals surface area contributed by atoms with E-state index in [2.05, 4.69) is 15.2 Å². The number of carboxylic acids is 1. The van der Waals surface area contributed by atoms with Crippen LogP contribution < -0.4 is 15.0 Å². The zero-order valence-corrected chi connectivity index (χ0v) is 28.2. The molecule has 7 rings (SSSR count).